The third-order valence-electron chi connectivity index (χ3n) is 4.90. The number of aryl methyl sites for hydroxylation is 2. The number of nitrogens with zero attached hydrogens (tertiary/aromatic N) is 4. The molecule has 28 heavy (non-hydrogen) atoms. The van der Waals surface area contributed by atoms with Gasteiger partial charge in [-0.15, -0.1) is 11.3 Å². The molecular formula is C18H14N4O5S. The van der Waals surface area contributed by atoms with Crippen LogP contribution in [0, 0.1) is 10.1 Å². The van der Waals surface area contributed by atoms with E-state index in [1.165, 1.54) is 29.6 Å². The lowest BCUT2D eigenvalue weighted by Gasteiger charge is -2.09. The summed E-state index contributed by atoms with van der Waals surface area (Å²) in [5, 5.41) is 16.1. The third kappa shape index (κ3) is 2.64. The molecule has 1 aliphatic carbocycles. The van der Waals surface area contributed by atoms with Gasteiger partial charge in [0.2, 0.25) is 6.79 Å². The number of ether oxygens (including phenoxy) is 2. The summed E-state index contributed by atoms with van der Waals surface area (Å²) < 4.78 is 11.6. The Morgan fingerprint density at radius 2 is 2.04 bits per heavy atom. The van der Waals surface area contributed by atoms with Gasteiger partial charge in [-0.2, -0.15) is 9.78 Å². The zero-order valence-corrected chi connectivity index (χ0v) is 15.4. The van der Waals surface area contributed by atoms with Gasteiger partial charge in [-0.1, -0.05) is 0 Å². The van der Waals surface area contributed by atoms with E-state index in [-0.39, 0.29) is 23.6 Å². The van der Waals surface area contributed by atoms with Crippen LogP contribution in [0.1, 0.15) is 28.8 Å². The number of thiophene rings is 1. The summed E-state index contributed by atoms with van der Waals surface area (Å²) in [6, 6.07) is 2.77. The second-order valence-corrected chi connectivity index (χ2v) is 7.63. The van der Waals surface area contributed by atoms with Crippen molar-refractivity contribution in [2.45, 2.75) is 25.7 Å². The number of nitro benzene ring substituents is 1. The molecule has 0 N–H and O–H groups in total. The highest BCUT2D eigenvalue weighted by molar-refractivity contribution is 7.18. The molecule has 2 aromatic heterocycles. The lowest BCUT2D eigenvalue weighted by Crippen LogP contribution is -2.18. The molecule has 5 rings (SSSR count). The third-order valence-corrected chi connectivity index (χ3v) is 6.10. The predicted molar refractivity (Wildman–Crippen MR) is 103 cm³/mol. The predicted octanol–water partition coefficient (Wildman–Crippen LogP) is 2.86. The Bertz CT molecular complexity index is 1210. The topological polar surface area (TPSA) is 109 Å². The van der Waals surface area contributed by atoms with Crippen molar-refractivity contribution in [3.63, 3.8) is 0 Å². The fourth-order valence-electron chi connectivity index (χ4n) is 3.55. The van der Waals surface area contributed by atoms with Gasteiger partial charge in [0.05, 0.1) is 28.2 Å². The number of hydrogen-bond acceptors (Lipinski definition) is 8. The molecule has 10 heteroatoms. The van der Waals surface area contributed by atoms with Crippen molar-refractivity contribution in [3.8, 4) is 11.5 Å². The molecule has 0 saturated carbocycles. The van der Waals surface area contributed by atoms with Crippen LogP contribution in [-0.4, -0.2) is 27.6 Å². The van der Waals surface area contributed by atoms with Crippen molar-refractivity contribution in [2.24, 2.45) is 5.10 Å². The Kier molecular flexibility index (Phi) is 3.86. The molecule has 3 heterocycles. The highest BCUT2D eigenvalue weighted by Gasteiger charge is 2.23. The van der Waals surface area contributed by atoms with E-state index < -0.39 is 4.92 Å². The molecule has 0 bridgehead atoms. The van der Waals surface area contributed by atoms with E-state index >= 15 is 0 Å². The molecular weight excluding hydrogens is 384 g/mol. The average Bonchev–Trinajstić information content (AvgIpc) is 3.30. The fourth-order valence-corrected chi connectivity index (χ4v) is 4.77. The van der Waals surface area contributed by atoms with E-state index in [1.807, 2.05) is 0 Å². The van der Waals surface area contributed by atoms with Crippen LogP contribution in [0.3, 0.4) is 0 Å². The number of rotatable bonds is 3. The SMILES string of the molecule is O=c1c2c3c(sc2ncn1/N=C\c1cc2c(cc1[N+](=O)[O-])OCO2)CCCC3. The Morgan fingerprint density at radius 1 is 1.25 bits per heavy atom. The maximum absolute atomic E-state index is 12.9. The molecule has 0 fully saturated rings. The largest absolute Gasteiger partial charge is 0.454 e. The van der Waals surface area contributed by atoms with Crippen LogP contribution in [0.15, 0.2) is 28.4 Å². The first-order valence-electron chi connectivity index (χ1n) is 8.76. The van der Waals surface area contributed by atoms with Crippen LogP contribution in [0.25, 0.3) is 10.2 Å². The highest BCUT2D eigenvalue weighted by atomic mass is 32.1. The standard InChI is InChI=1S/C18H14N4O5S/c23-18-16-11-3-1-2-4-15(11)28-17(16)19-8-21(18)20-7-10-5-13-14(27-9-26-13)6-12(10)22(24)25/h5-8H,1-4,9H2/b20-7-. The Hall–Kier alpha value is -3.27. The molecule has 0 spiro atoms. The smallest absolute Gasteiger partial charge is 0.282 e. The van der Waals surface area contributed by atoms with E-state index in [9.17, 15) is 14.9 Å². The summed E-state index contributed by atoms with van der Waals surface area (Å²) in [6.07, 6.45) is 6.64. The van der Waals surface area contributed by atoms with Gasteiger partial charge in [0.15, 0.2) is 11.5 Å². The molecule has 0 amide bonds. The van der Waals surface area contributed by atoms with Crippen LogP contribution >= 0.6 is 11.3 Å². The van der Waals surface area contributed by atoms with Gasteiger partial charge in [0, 0.05) is 4.88 Å². The van der Waals surface area contributed by atoms with Crippen molar-refractivity contribution in [2.75, 3.05) is 6.79 Å². The average molecular weight is 398 g/mol. The van der Waals surface area contributed by atoms with Gasteiger partial charge in [0.25, 0.3) is 11.2 Å². The first kappa shape index (κ1) is 16.9. The minimum Gasteiger partial charge on any atom is -0.454 e. The normalized spacial score (nSPS) is 15.3. The molecule has 2 aliphatic rings. The van der Waals surface area contributed by atoms with E-state index in [0.29, 0.717) is 16.9 Å². The molecule has 9 nitrogen and oxygen atoms in total. The Balaban J connectivity index is 1.59. The highest BCUT2D eigenvalue weighted by Crippen LogP contribution is 2.37. The van der Waals surface area contributed by atoms with Gasteiger partial charge >= 0.3 is 0 Å². The molecule has 0 atom stereocenters. The number of hydrogen-bond donors (Lipinski definition) is 0. The second kappa shape index (κ2) is 6.41. The molecule has 1 aromatic carbocycles. The summed E-state index contributed by atoms with van der Waals surface area (Å²) in [6.45, 7) is 0.0103. The lowest BCUT2D eigenvalue weighted by molar-refractivity contribution is -0.385. The summed E-state index contributed by atoms with van der Waals surface area (Å²) in [5.41, 5.74) is 0.850. The molecule has 1 aliphatic heterocycles. The Labute approximate surface area is 162 Å². The second-order valence-electron chi connectivity index (χ2n) is 6.55. The van der Waals surface area contributed by atoms with E-state index in [1.54, 1.807) is 11.3 Å². The van der Waals surface area contributed by atoms with Crippen LogP contribution < -0.4 is 15.0 Å². The summed E-state index contributed by atoms with van der Waals surface area (Å²) in [4.78, 5) is 30.1. The molecule has 142 valence electrons. The summed E-state index contributed by atoms with van der Waals surface area (Å²) in [5.74, 6) is 0.717. The van der Waals surface area contributed by atoms with Crippen LogP contribution in [0.5, 0.6) is 11.5 Å². The summed E-state index contributed by atoms with van der Waals surface area (Å²) in [7, 11) is 0. The van der Waals surface area contributed by atoms with Gasteiger partial charge in [-0.25, -0.2) is 4.98 Å². The van der Waals surface area contributed by atoms with Crippen LogP contribution in [-0.2, 0) is 12.8 Å². The van der Waals surface area contributed by atoms with Gasteiger partial charge in [-0.05, 0) is 37.3 Å². The Morgan fingerprint density at radius 3 is 2.86 bits per heavy atom. The number of aromatic nitrogens is 2. The first-order valence-corrected chi connectivity index (χ1v) is 9.58. The maximum atomic E-state index is 12.9. The lowest BCUT2D eigenvalue weighted by atomic mass is 9.97. The summed E-state index contributed by atoms with van der Waals surface area (Å²) >= 11 is 1.56. The quantitative estimate of drug-likeness (QED) is 0.381. The van der Waals surface area contributed by atoms with Crippen LogP contribution in [0.2, 0.25) is 0 Å². The first-order chi connectivity index (χ1) is 13.6. The maximum Gasteiger partial charge on any atom is 0.282 e. The van der Waals surface area contributed by atoms with Crippen molar-refractivity contribution < 1.29 is 14.4 Å². The number of fused-ring (bicyclic) bond motifs is 4. The molecule has 0 unspecified atom stereocenters. The number of benzene rings is 1. The number of nitro groups is 1. The van der Waals surface area contributed by atoms with E-state index in [2.05, 4.69) is 10.1 Å². The van der Waals surface area contributed by atoms with Crippen molar-refractivity contribution in [3.05, 3.63) is 54.9 Å². The van der Waals surface area contributed by atoms with Crippen molar-refractivity contribution in [1.82, 2.24) is 9.66 Å². The monoisotopic (exact) mass is 398 g/mol. The van der Waals surface area contributed by atoms with Gasteiger partial charge in [-0.3, -0.25) is 14.9 Å². The van der Waals surface area contributed by atoms with Crippen molar-refractivity contribution >= 4 is 33.5 Å². The fraction of sp³-hybridized carbons (Fsp3) is 0.278. The van der Waals surface area contributed by atoms with Crippen molar-refractivity contribution in [1.29, 1.82) is 0 Å². The van der Waals surface area contributed by atoms with Crippen LogP contribution in [0.4, 0.5) is 5.69 Å². The van der Waals surface area contributed by atoms with E-state index in [0.717, 1.165) is 40.8 Å². The van der Waals surface area contributed by atoms with Gasteiger partial charge in [0.1, 0.15) is 11.2 Å². The zero-order chi connectivity index (χ0) is 19.3. The zero-order valence-electron chi connectivity index (χ0n) is 14.6. The van der Waals surface area contributed by atoms with Gasteiger partial charge < -0.3 is 9.47 Å². The van der Waals surface area contributed by atoms with E-state index in [4.69, 9.17) is 9.47 Å². The minimum atomic E-state index is -0.525. The molecule has 3 aromatic rings. The molecule has 0 saturated heterocycles. The minimum absolute atomic E-state index is 0.0103. The molecule has 0 radical (unpaired) electrons.